The molecule has 0 saturated heterocycles. The van der Waals surface area contributed by atoms with E-state index in [0.29, 0.717) is 0 Å². The molecule has 0 amide bonds. The van der Waals surface area contributed by atoms with Crippen LogP contribution in [0.5, 0.6) is 0 Å². The van der Waals surface area contributed by atoms with Crippen LogP contribution in [0.25, 0.3) is 0 Å². The van der Waals surface area contributed by atoms with Crippen LogP contribution >= 0.6 is 0 Å². The summed E-state index contributed by atoms with van der Waals surface area (Å²) in [6, 6.07) is 0.785. The van der Waals surface area contributed by atoms with E-state index in [1.807, 2.05) is 0 Å². The van der Waals surface area contributed by atoms with E-state index in [1.54, 1.807) is 0 Å². The van der Waals surface area contributed by atoms with Gasteiger partial charge in [-0.1, -0.05) is 51.4 Å². The molecule has 2 saturated carbocycles. The van der Waals surface area contributed by atoms with Gasteiger partial charge in [0.05, 0.1) is 6.73 Å². The number of hydrogen-bond donors (Lipinski definition) is 2. The summed E-state index contributed by atoms with van der Waals surface area (Å²) >= 11 is 0. The first kappa shape index (κ1) is 15.5. The highest BCUT2D eigenvalue weighted by atomic mass is 28.2. The predicted octanol–water partition coefficient (Wildman–Crippen LogP) is 2.31. The van der Waals surface area contributed by atoms with Crippen LogP contribution in [0.15, 0.2) is 0 Å². The molecule has 19 heavy (non-hydrogen) atoms. The number of hydrogen-bond acceptors (Lipinski definition) is 3. The molecule has 3 nitrogen and oxygen atoms in total. The zero-order chi connectivity index (χ0) is 13.2. The van der Waals surface area contributed by atoms with Crippen LogP contribution in [0.4, 0.5) is 0 Å². The smallest absolute Gasteiger partial charge is 0.166 e. The molecular formula is C15H32N2OSi. The van der Waals surface area contributed by atoms with E-state index in [1.165, 1.54) is 64.2 Å². The zero-order valence-corrected chi connectivity index (χ0v) is 13.9. The minimum Gasteiger partial charge on any atom is -0.411 e. The van der Waals surface area contributed by atoms with Crippen molar-refractivity contribution in [2.24, 2.45) is 0 Å². The van der Waals surface area contributed by atoms with Crippen LogP contribution in [-0.2, 0) is 4.43 Å². The van der Waals surface area contributed by atoms with Gasteiger partial charge in [-0.15, -0.1) is 0 Å². The van der Waals surface area contributed by atoms with Crippen molar-refractivity contribution in [3.63, 3.8) is 0 Å². The molecule has 0 radical (unpaired) electrons. The van der Waals surface area contributed by atoms with Gasteiger partial charge in [0.15, 0.2) is 9.76 Å². The van der Waals surface area contributed by atoms with E-state index in [2.05, 4.69) is 10.6 Å². The van der Waals surface area contributed by atoms with E-state index in [4.69, 9.17) is 4.43 Å². The summed E-state index contributed by atoms with van der Waals surface area (Å²) in [4.78, 5) is 0. The Balaban J connectivity index is 1.35. The van der Waals surface area contributed by atoms with Crippen molar-refractivity contribution >= 4 is 9.76 Å². The molecule has 0 bridgehead atoms. The van der Waals surface area contributed by atoms with Crippen molar-refractivity contribution in [3.8, 4) is 0 Å². The normalized spacial score (nSPS) is 23.4. The van der Waals surface area contributed by atoms with Crippen LogP contribution in [0.1, 0.15) is 64.2 Å². The second-order valence-corrected chi connectivity index (χ2v) is 8.20. The lowest BCUT2D eigenvalue weighted by Crippen LogP contribution is -2.37. The molecule has 0 aromatic rings. The standard InChI is InChI=1S/C15H32N2OSi/c1-3-7-14(8-4-1)17-12-11-16-13-18-19-15-9-5-2-6-10-15/h14-17H,1-13,19H2. The summed E-state index contributed by atoms with van der Waals surface area (Å²) in [5, 5.41) is 7.07. The minimum atomic E-state index is -0.271. The first-order chi connectivity index (χ1) is 9.45. The van der Waals surface area contributed by atoms with Crippen LogP contribution in [0, 0.1) is 0 Å². The molecule has 0 aromatic carbocycles. The average molecular weight is 285 g/mol. The van der Waals surface area contributed by atoms with Gasteiger partial charge in [0.25, 0.3) is 0 Å². The van der Waals surface area contributed by atoms with E-state index < -0.39 is 0 Å². The molecule has 0 spiro atoms. The van der Waals surface area contributed by atoms with Gasteiger partial charge < -0.3 is 9.74 Å². The highest BCUT2D eigenvalue weighted by molar-refractivity contribution is 6.29. The van der Waals surface area contributed by atoms with Crippen LogP contribution in [-0.4, -0.2) is 35.6 Å². The Morgan fingerprint density at radius 2 is 1.53 bits per heavy atom. The minimum absolute atomic E-state index is 0.271. The molecule has 2 N–H and O–H groups in total. The fourth-order valence-electron chi connectivity index (χ4n) is 3.40. The van der Waals surface area contributed by atoms with E-state index >= 15 is 0 Å². The number of nitrogens with one attached hydrogen (secondary N) is 2. The maximum Gasteiger partial charge on any atom is 0.166 e. The maximum atomic E-state index is 5.87. The molecule has 0 aliphatic heterocycles. The van der Waals surface area contributed by atoms with Crippen molar-refractivity contribution < 1.29 is 4.43 Å². The summed E-state index contributed by atoms with van der Waals surface area (Å²) in [5.41, 5.74) is 0.968. The lowest BCUT2D eigenvalue weighted by molar-refractivity contribution is 0.282. The lowest BCUT2D eigenvalue weighted by Gasteiger charge is -2.23. The van der Waals surface area contributed by atoms with Gasteiger partial charge in [0.2, 0.25) is 0 Å². The molecule has 2 aliphatic rings. The van der Waals surface area contributed by atoms with Gasteiger partial charge >= 0.3 is 0 Å². The molecule has 112 valence electrons. The van der Waals surface area contributed by atoms with Crippen LogP contribution in [0.2, 0.25) is 5.54 Å². The second kappa shape index (κ2) is 9.92. The fourth-order valence-corrected chi connectivity index (χ4v) is 4.90. The van der Waals surface area contributed by atoms with E-state index in [-0.39, 0.29) is 9.76 Å². The topological polar surface area (TPSA) is 33.3 Å². The first-order valence-electron chi connectivity index (χ1n) is 8.47. The Kier molecular flexibility index (Phi) is 8.08. The zero-order valence-electron chi connectivity index (χ0n) is 12.5. The summed E-state index contributed by atoms with van der Waals surface area (Å²) in [6.45, 7) is 2.93. The van der Waals surface area contributed by atoms with E-state index in [0.717, 1.165) is 31.4 Å². The van der Waals surface area contributed by atoms with Gasteiger partial charge in [0, 0.05) is 19.1 Å². The van der Waals surface area contributed by atoms with Gasteiger partial charge in [-0.05, 0) is 18.4 Å². The largest absolute Gasteiger partial charge is 0.411 e. The number of rotatable bonds is 8. The molecule has 2 rings (SSSR count). The Labute approximate surface area is 121 Å². The molecule has 0 aromatic heterocycles. The predicted molar refractivity (Wildman–Crippen MR) is 84.2 cm³/mol. The Hall–Kier alpha value is 0.0969. The fraction of sp³-hybridized carbons (Fsp3) is 1.00. The van der Waals surface area contributed by atoms with Crippen molar-refractivity contribution in [2.45, 2.75) is 75.8 Å². The van der Waals surface area contributed by atoms with Gasteiger partial charge in [-0.25, -0.2) is 0 Å². The highest BCUT2D eigenvalue weighted by Crippen LogP contribution is 2.27. The van der Waals surface area contributed by atoms with Crippen molar-refractivity contribution in [1.29, 1.82) is 0 Å². The van der Waals surface area contributed by atoms with Crippen LogP contribution < -0.4 is 10.6 Å². The first-order valence-corrected chi connectivity index (χ1v) is 9.86. The third-order valence-corrected chi connectivity index (χ3v) is 6.35. The maximum absolute atomic E-state index is 5.87. The summed E-state index contributed by atoms with van der Waals surface area (Å²) < 4.78 is 5.87. The Morgan fingerprint density at radius 3 is 2.26 bits per heavy atom. The Bertz CT molecular complexity index is 194. The third-order valence-electron chi connectivity index (χ3n) is 4.62. The van der Waals surface area contributed by atoms with Crippen LogP contribution in [0.3, 0.4) is 0 Å². The Morgan fingerprint density at radius 1 is 0.842 bits per heavy atom. The molecule has 0 atom stereocenters. The summed E-state index contributed by atoms with van der Waals surface area (Å²) in [5.74, 6) is 0. The van der Waals surface area contributed by atoms with Gasteiger partial charge in [0.1, 0.15) is 0 Å². The van der Waals surface area contributed by atoms with Gasteiger partial charge in [-0.2, -0.15) is 0 Å². The second-order valence-electron chi connectivity index (χ2n) is 6.31. The molecular weight excluding hydrogens is 252 g/mol. The summed E-state index contributed by atoms with van der Waals surface area (Å²) in [6.07, 6.45) is 14.3. The van der Waals surface area contributed by atoms with Gasteiger partial charge in [-0.3, -0.25) is 5.32 Å². The molecule has 4 heteroatoms. The van der Waals surface area contributed by atoms with Crippen molar-refractivity contribution in [3.05, 3.63) is 0 Å². The van der Waals surface area contributed by atoms with Crippen molar-refractivity contribution in [2.75, 3.05) is 19.8 Å². The molecule has 0 heterocycles. The highest BCUT2D eigenvalue weighted by Gasteiger charge is 2.14. The SMILES string of the molecule is C1CCC(NCCNCO[SiH2]C2CCCCC2)CC1. The lowest BCUT2D eigenvalue weighted by atomic mass is 9.95. The van der Waals surface area contributed by atoms with Crippen molar-refractivity contribution in [1.82, 2.24) is 10.6 Å². The molecule has 2 aliphatic carbocycles. The quantitative estimate of drug-likeness (QED) is 0.408. The summed E-state index contributed by atoms with van der Waals surface area (Å²) in [7, 11) is -0.271. The average Bonchev–Trinajstić information content (AvgIpc) is 2.48. The third kappa shape index (κ3) is 6.89. The molecule has 0 unspecified atom stereocenters. The molecule has 2 fully saturated rings. The monoisotopic (exact) mass is 284 g/mol. The van der Waals surface area contributed by atoms with E-state index in [9.17, 15) is 0 Å².